The molecule has 0 radical (unpaired) electrons. The van der Waals surface area contributed by atoms with E-state index in [1.165, 1.54) is 7.11 Å². The van der Waals surface area contributed by atoms with Crippen LogP contribution in [0.15, 0.2) is 49.1 Å². The van der Waals surface area contributed by atoms with Crippen LogP contribution in [0.4, 0.5) is 10.6 Å². The molecular weight excluding hydrogens is 526 g/mol. The van der Waals surface area contributed by atoms with Gasteiger partial charge in [-0.15, -0.1) is 0 Å². The molecule has 1 aliphatic heterocycles. The lowest BCUT2D eigenvalue weighted by molar-refractivity contribution is -0.122. The predicted octanol–water partition coefficient (Wildman–Crippen LogP) is 2.35. The van der Waals surface area contributed by atoms with Gasteiger partial charge in [0.15, 0.2) is 0 Å². The van der Waals surface area contributed by atoms with E-state index in [1.54, 1.807) is 41.4 Å². The van der Waals surface area contributed by atoms with Gasteiger partial charge in [0.25, 0.3) is 0 Å². The minimum atomic E-state index is -0.484. The van der Waals surface area contributed by atoms with Gasteiger partial charge in [0, 0.05) is 58.2 Å². The molecule has 13 heteroatoms. The van der Waals surface area contributed by atoms with Gasteiger partial charge in [-0.3, -0.25) is 9.36 Å². The average Bonchev–Trinajstić information content (AvgIpc) is 3.48. The number of carbonyl (C=O) groups excluding carboxylic acids is 2. The number of amides is 2. The van der Waals surface area contributed by atoms with Crippen LogP contribution in [-0.2, 0) is 20.7 Å². The summed E-state index contributed by atoms with van der Waals surface area (Å²) in [5.74, 6) is 1.59. The summed E-state index contributed by atoms with van der Waals surface area (Å²) in [7, 11) is 3.16. The van der Waals surface area contributed by atoms with Crippen molar-refractivity contribution < 1.29 is 23.8 Å². The molecule has 3 heterocycles. The topological polar surface area (TPSA) is 124 Å². The minimum absolute atomic E-state index is 0.103. The van der Waals surface area contributed by atoms with Gasteiger partial charge in [-0.1, -0.05) is 23.7 Å². The van der Waals surface area contributed by atoms with Crippen LogP contribution >= 0.6 is 11.6 Å². The first-order valence-electron chi connectivity index (χ1n) is 12.6. The number of anilines is 1. The fourth-order valence-electron chi connectivity index (χ4n) is 4.25. The zero-order valence-corrected chi connectivity index (χ0v) is 22.7. The van der Waals surface area contributed by atoms with Crippen LogP contribution in [0.1, 0.15) is 12.0 Å². The van der Waals surface area contributed by atoms with Crippen LogP contribution in [0.25, 0.3) is 5.95 Å². The molecule has 0 aliphatic carbocycles. The maximum absolute atomic E-state index is 12.9. The van der Waals surface area contributed by atoms with Crippen molar-refractivity contribution in [2.24, 2.45) is 0 Å². The zero-order valence-electron chi connectivity index (χ0n) is 22.0. The average molecular weight is 558 g/mol. The number of piperazine rings is 1. The van der Waals surface area contributed by atoms with E-state index in [0.29, 0.717) is 51.0 Å². The van der Waals surface area contributed by atoms with E-state index < -0.39 is 12.1 Å². The number of rotatable bonds is 11. The Labute approximate surface area is 231 Å². The first-order valence-corrected chi connectivity index (χ1v) is 12.9. The third-order valence-electron chi connectivity index (χ3n) is 6.28. The number of carbonyl (C=O) groups is 2. The molecule has 208 valence electrons. The fourth-order valence-corrected chi connectivity index (χ4v) is 4.42. The summed E-state index contributed by atoms with van der Waals surface area (Å²) in [6.45, 7) is 2.08. The quantitative estimate of drug-likeness (QED) is 0.279. The van der Waals surface area contributed by atoms with Crippen molar-refractivity contribution in [2.75, 3.05) is 58.5 Å². The van der Waals surface area contributed by atoms with E-state index in [1.807, 2.05) is 29.2 Å². The van der Waals surface area contributed by atoms with Crippen LogP contribution in [0, 0.1) is 0 Å². The lowest BCUT2D eigenvalue weighted by atomic mass is 10.1. The van der Waals surface area contributed by atoms with Gasteiger partial charge < -0.3 is 29.3 Å². The lowest BCUT2D eigenvalue weighted by Gasteiger charge is -2.41. The second-order valence-electron chi connectivity index (χ2n) is 8.87. The summed E-state index contributed by atoms with van der Waals surface area (Å²) in [6, 6.07) is 8.93. The van der Waals surface area contributed by atoms with Crippen LogP contribution in [-0.4, -0.2) is 96.1 Å². The Kier molecular flexibility index (Phi) is 9.92. The first kappa shape index (κ1) is 28.1. The van der Waals surface area contributed by atoms with Crippen molar-refractivity contribution in [1.82, 2.24) is 29.7 Å². The molecule has 39 heavy (non-hydrogen) atoms. The van der Waals surface area contributed by atoms with E-state index in [4.69, 9.17) is 25.8 Å². The molecular formula is C26H32ClN7O5. The largest absolute Gasteiger partial charge is 0.497 e. The van der Waals surface area contributed by atoms with E-state index in [-0.39, 0.29) is 24.1 Å². The minimum Gasteiger partial charge on any atom is -0.497 e. The number of methoxy groups -OCH3 is 2. The Bertz CT molecular complexity index is 1230. The van der Waals surface area contributed by atoms with Gasteiger partial charge in [-0.05, 0) is 24.1 Å². The van der Waals surface area contributed by atoms with Crippen LogP contribution in [0.3, 0.4) is 0 Å². The number of nitrogens with zero attached hydrogens (tertiary/aromatic N) is 6. The third-order valence-corrected chi connectivity index (χ3v) is 6.47. The SMILES string of the molecule is COCCOC(=O)N1CCN(c2cc(Cl)nc(-n3ccnc3)n2)CC1CC(=O)NCCc1ccc(OC)cc1. The highest BCUT2D eigenvalue weighted by Gasteiger charge is 2.34. The van der Waals surface area contributed by atoms with Crippen molar-refractivity contribution in [3.63, 3.8) is 0 Å². The Balaban J connectivity index is 1.42. The Morgan fingerprint density at radius 3 is 2.67 bits per heavy atom. The molecule has 0 bridgehead atoms. The Hall–Kier alpha value is -3.90. The van der Waals surface area contributed by atoms with Crippen LogP contribution in [0.2, 0.25) is 5.15 Å². The number of ether oxygens (including phenoxy) is 3. The van der Waals surface area contributed by atoms with E-state index in [0.717, 1.165) is 11.3 Å². The molecule has 1 atom stereocenters. The smallest absolute Gasteiger partial charge is 0.410 e. The van der Waals surface area contributed by atoms with Gasteiger partial charge >= 0.3 is 6.09 Å². The molecule has 2 amide bonds. The van der Waals surface area contributed by atoms with Gasteiger partial charge in [-0.25, -0.2) is 14.8 Å². The number of halogens is 1. The molecule has 1 saturated heterocycles. The number of hydrogen-bond donors (Lipinski definition) is 1. The maximum atomic E-state index is 12.9. The molecule has 12 nitrogen and oxygen atoms in total. The molecule has 0 spiro atoms. The number of nitrogens with one attached hydrogen (secondary N) is 1. The molecule has 1 aliphatic rings. The zero-order chi connectivity index (χ0) is 27.6. The second kappa shape index (κ2) is 13.8. The lowest BCUT2D eigenvalue weighted by Crippen LogP contribution is -2.57. The van der Waals surface area contributed by atoms with E-state index in [2.05, 4.69) is 20.3 Å². The summed E-state index contributed by atoms with van der Waals surface area (Å²) in [4.78, 5) is 42.3. The summed E-state index contributed by atoms with van der Waals surface area (Å²) in [5, 5.41) is 3.24. The summed E-state index contributed by atoms with van der Waals surface area (Å²) in [5.41, 5.74) is 1.08. The third kappa shape index (κ3) is 7.80. The van der Waals surface area contributed by atoms with Gasteiger partial charge in [0.05, 0.1) is 19.8 Å². The number of hydrogen-bond acceptors (Lipinski definition) is 9. The van der Waals surface area contributed by atoms with Gasteiger partial charge in [-0.2, -0.15) is 4.98 Å². The summed E-state index contributed by atoms with van der Waals surface area (Å²) in [6.07, 6.45) is 5.23. The Morgan fingerprint density at radius 1 is 1.13 bits per heavy atom. The van der Waals surface area contributed by atoms with Crippen LogP contribution < -0.4 is 15.0 Å². The Morgan fingerprint density at radius 2 is 1.95 bits per heavy atom. The highest BCUT2D eigenvalue weighted by molar-refractivity contribution is 6.29. The second-order valence-corrected chi connectivity index (χ2v) is 9.26. The molecule has 1 fully saturated rings. The normalized spacial score (nSPS) is 15.2. The monoisotopic (exact) mass is 557 g/mol. The van der Waals surface area contributed by atoms with Crippen molar-refractivity contribution in [2.45, 2.75) is 18.9 Å². The van der Waals surface area contributed by atoms with Crippen LogP contribution in [0.5, 0.6) is 5.75 Å². The molecule has 1 N–H and O–H groups in total. The molecule has 3 aromatic rings. The molecule has 0 saturated carbocycles. The molecule has 4 rings (SSSR count). The molecule has 2 aromatic heterocycles. The molecule has 1 aromatic carbocycles. The maximum Gasteiger partial charge on any atom is 0.410 e. The molecule has 1 unspecified atom stereocenters. The van der Waals surface area contributed by atoms with Gasteiger partial charge in [0.1, 0.15) is 29.7 Å². The predicted molar refractivity (Wildman–Crippen MR) is 144 cm³/mol. The van der Waals surface area contributed by atoms with Crippen molar-refractivity contribution in [3.8, 4) is 11.7 Å². The van der Waals surface area contributed by atoms with Crippen molar-refractivity contribution in [1.29, 1.82) is 0 Å². The highest BCUT2D eigenvalue weighted by atomic mass is 35.5. The standard InChI is InChI=1S/C26H32ClN7O5/c1-37-13-14-39-26(36)34-12-11-32(23-16-22(27)30-25(31-23)33-10-9-28-18-33)17-20(34)15-24(35)29-8-7-19-3-5-21(38-2)6-4-19/h3-6,9-10,16,18,20H,7-8,11-15,17H2,1-2H3,(H,29,35). The van der Waals surface area contributed by atoms with Crippen molar-refractivity contribution in [3.05, 3.63) is 59.8 Å². The van der Waals surface area contributed by atoms with Gasteiger partial charge in [0.2, 0.25) is 11.9 Å². The first-order chi connectivity index (χ1) is 19.0. The highest BCUT2D eigenvalue weighted by Crippen LogP contribution is 2.23. The fraction of sp³-hybridized carbons (Fsp3) is 0.423. The number of aromatic nitrogens is 4. The number of imidazole rings is 1. The summed E-state index contributed by atoms with van der Waals surface area (Å²) < 4.78 is 17.2. The summed E-state index contributed by atoms with van der Waals surface area (Å²) >= 11 is 6.30. The van der Waals surface area contributed by atoms with E-state index >= 15 is 0 Å². The van der Waals surface area contributed by atoms with Crippen molar-refractivity contribution >= 4 is 29.4 Å². The number of benzene rings is 1. The van der Waals surface area contributed by atoms with E-state index in [9.17, 15) is 9.59 Å².